The van der Waals surface area contributed by atoms with Crippen molar-refractivity contribution in [2.75, 3.05) is 0 Å². The van der Waals surface area contributed by atoms with Crippen LogP contribution in [0.25, 0.3) is 10.9 Å². The summed E-state index contributed by atoms with van der Waals surface area (Å²) in [6, 6.07) is 3.55. The zero-order chi connectivity index (χ0) is 12.0. The minimum Gasteiger partial charge on any atom is -0.307 e. The highest BCUT2D eigenvalue weighted by atomic mass is 79.9. The molecule has 1 aliphatic carbocycles. The predicted molar refractivity (Wildman–Crippen MR) is 71.4 cm³/mol. The molecule has 2 aromatic heterocycles. The second-order valence-electron chi connectivity index (χ2n) is 4.42. The molecule has 17 heavy (non-hydrogen) atoms. The maximum absolute atomic E-state index is 12.1. The van der Waals surface area contributed by atoms with Crippen LogP contribution in [-0.2, 0) is 6.54 Å². The fourth-order valence-electron chi connectivity index (χ4n) is 1.95. The Hall–Kier alpha value is -0.870. The topological polar surface area (TPSA) is 34.9 Å². The van der Waals surface area contributed by atoms with Crippen LogP contribution >= 0.6 is 27.5 Å². The van der Waals surface area contributed by atoms with Crippen molar-refractivity contribution in [2.24, 2.45) is 5.92 Å². The van der Waals surface area contributed by atoms with Gasteiger partial charge in [0.15, 0.2) is 0 Å². The molecule has 2 aromatic rings. The van der Waals surface area contributed by atoms with Crippen molar-refractivity contribution in [3.05, 3.63) is 38.3 Å². The third-order valence-electron chi connectivity index (χ3n) is 3.04. The van der Waals surface area contributed by atoms with E-state index in [-0.39, 0.29) is 5.56 Å². The summed E-state index contributed by atoms with van der Waals surface area (Å²) in [5, 5.41) is 1.35. The minimum atomic E-state index is 0.00617. The van der Waals surface area contributed by atoms with E-state index in [4.69, 9.17) is 11.6 Å². The van der Waals surface area contributed by atoms with Crippen LogP contribution in [-0.4, -0.2) is 9.55 Å². The molecule has 88 valence electrons. The van der Waals surface area contributed by atoms with Gasteiger partial charge in [-0.05, 0) is 46.8 Å². The largest absolute Gasteiger partial charge is 0.307 e. The lowest BCUT2D eigenvalue weighted by Crippen LogP contribution is -2.22. The lowest BCUT2D eigenvalue weighted by molar-refractivity contribution is 0.625. The van der Waals surface area contributed by atoms with E-state index in [0.717, 1.165) is 17.4 Å². The first kappa shape index (κ1) is 11.2. The SMILES string of the molecule is O=c1c(Br)cc2cnc(Cl)cc2n1CC1CC1. The molecule has 0 radical (unpaired) electrons. The molecular weight excluding hydrogens is 304 g/mol. The Kier molecular flexibility index (Phi) is 2.71. The highest BCUT2D eigenvalue weighted by Crippen LogP contribution is 2.31. The van der Waals surface area contributed by atoms with Gasteiger partial charge in [-0.2, -0.15) is 0 Å². The fraction of sp³-hybridized carbons (Fsp3) is 0.333. The van der Waals surface area contributed by atoms with Gasteiger partial charge in [0, 0.05) is 18.1 Å². The molecule has 0 atom stereocenters. The van der Waals surface area contributed by atoms with E-state index < -0.39 is 0 Å². The van der Waals surface area contributed by atoms with Crippen LogP contribution in [0.3, 0.4) is 0 Å². The van der Waals surface area contributed by atoms with Crippen LogP contribution < -0.4 is 5.56 Å². The number of nitrogens with zero attached hydrogens (tertiary/aromatic N) is 2. The van der Waals surface area contributed by atoms with Crippen LogP contribution in [0, 0.1) is 5.92 Å². The maximum atomic E-state index is 12.1. The summed E-state index contributed by atoms with van der Waals surface area (Å²) in [6.45, 7) is 0.773. The van der Waals surface area contributed by atoms with Crippen molar-refractivity contribution < 1.29 is 0 Å². The first-order valence-corrected chi connectivity index (χ1v) is 6.67. The Morgan fingerprint density at radius 2 is 2.24 bits per heavy atom. The van der Waals surface area contributed by atoms with E-state index in [1.54, 1.807) is 22.9 Å². The molecular formula is C12H10BrClN2O. The van der Waals surface area contributed by atoms with Gasteiger partial charge in [-0.25, -0.2) is 4.98 Å². The predicted octanol–water partition coefficient (Wildman–Crippen LogP) is 3.22. The molecule has 2 heterocycles. The van der Waals surface area contributed by atoms with E-state index in [1.165, 1.54) is 12.8 Å². The zero-order valence-corrected chi connectivity index (χ0v) is 11.3. The summed E-state index contributed by atoms with van der Waals surface area (Å²) in [4.78, 5) is 16.2. The van der Waals surface area contributed by atoms with Crippen molar-refractivity contribution in [2.45, 2.75) is 19.4 Å². The molecule has 0 saturated heterocycles. The summed E-state index contributed by atoms with van der Waals surface area (Å²) < 4.78 is 2.37. The molecule has 3 rings (SSSR count). The average Bonchev–Trinajstić information content (AvgIpc) is 3.10. The van der Waals surface area contributed by atoms with Gasteiger partial charge in [0.25, 0.3) is 5.56 Å². The third kappa shape index (κ3) is 2.11. The van der Waals surface area contributed by atoms with Crippen LogP contribution in [0.5, 0.6) is 0 Å². The Balaban J connectivity index is 2.29. The number of fused-ring (bicyclic) bond motifs is 1. The first-order chi connectivity index (χ1) is 8.15. The Morgan fingerprint density at radius 3 is 2.94 bits per heavy atom. The van der Waals surface area contributed by atoms with E-state index in [0.29, 0.717) is 15.5 Å². The minimum absolute atomic E-state index is 0.00617. The zero-order valence-electron chi connectivity index (χ0n) is 8.99. The maximum Gasteiger partial charge on any atom is 0.265 e. The van der Waals surface area contributed by atoms with Gasteiger partial charge in [0.1, 0.15) is 5.15 Å². The molecule has 0 N–H and O–H groups in total. The number of rotatable bonds is 2. The van der Waals surface area contributed by atoms with Gasteiger partial charge < -0.3 is 4.57 Å². The van der Waals surface area contributed by atoms with Crippen LogP contribution in [0.4, 0.5) is 0 Å². The van der Waals surface area contributed by atoms with Crippen molar-refractivity contribution in [3.63, 3.8) is 0 Å². The van der Waals surface area contributed by atoms with Gasteiger partial charge in [0.05, 0.1) is 9.99 Å². The fourth-order valence-corrected chi connectivity index (χ4v) is 2.57. The van der Waals surface area contributed by atoms with Crippen LogP contribution in [0.1, 0.15) is 12.8 Å². The van der Waals surface area contributed by atoms with Crippen LogP contribution in [0.2, 0.25) is 5.15 Å². The number of hydrogen-bond acceptors (Lipinski definition) is 2. The molecule has 3 nitrogen and oxygen atoms in total. The molecule has 1 aliphatic rings. The second kappa shape index (κ2) is 4.10. The van der Waals surface area contributed by atoms with E-state index >= 15 is 0 Å². The van der Waals surface area contributed by atoms with E-state index in [9.17, 15) is 4.79 Å². The highest BCUT2D eigenvalue weighted by molar-refractivity contribution is 9.10. The molecule has 1 saturated carbocycles. The summed E-state index contributed by atoms with van der Waals surface area (Å²) in [6.07, 6.45) is 4.11. The highest BCUT2D eigenvalue weighted by Gasteiger charge is 2.23. The molecule has 5 heteroatoms. The molecule has 0 aromatic carbocycles. The summed E-state index contributed by atoms with van der Waals surface area (Å²) in [5.41, 5.74) is 0.872. The number of hydrogen-bond donors (Lipinski definition) is 0. The molecule has 0 spiro atoms. The van der Waals surface area contributed by atoms with Gasteiger partial charge in [-0.15, -0.1) is 0 Å². The normalized spacial score (nSPS) is 15.4. The van der Waals surface area contributed by atoms with E-state index in [2.05, 4.69) is 20.9 Å². The first-order valence-electron chi connectivity index (χ1n) is 5.50. The lowest BCUT2D eigenvalue weighted by atomic mass is 10.2. The molecule has 0 aliphatic heterocycles. The van der Waals surface area contributed by atoms with Crippen molar-refractivity contribution >= 4 is 38.4 Å². The summed E-state index contributed by atoms with van der Waals surface area (Å²) in [5.74, 6) is 0.636. The Labute approximate surface area is 112 Å². The van der Waals surface area contributed by atoms with Gasteiger partial charge in [-0.1, -0.05) is 11.6 Å². The smallest absolute Gasteiger partial charge is 0.265 e. The van der Waals surface area contributed by atoms with Crippen LogP contribution in [0.15, 0.2) is 27.6 Å². The quantitative estimate of drug-likeness (QED) is 0.798. The summed E-state index contributed by atoms with van der Waals surface area (Å²) >= 11 is 9.20. The van der Waals surface area contributed by atoms with Crippen molar-refractivity contribution in [1.29, 1.82) is 0 Å². The number of aromatic nitrogens is 2. The van der Waals surface area contributed by atoms with Crippen molar-refractivity contribution in [3.8, 4) is 0 Å². The monoisotopic (exact) mass is 312 g/mol. The third-order valence-corrected chi connectivity index (χ3v) is 3.81. The van der Waals surface area contributed by atoms with Gasteiger partial charge in [0.2, 0.25) is 0 Å². The lowest BCUT2D eigenvalue weighted by Gasteiger charge is -2.10. The van der Waals surface area contributed by atoms with Gasteiger partial charge in [-0.3, -0.25) is 4.79 Å². The number of halogens is 2. The molecule has 0 bridgehead atoms. The van der Waals surface area contributed by atoms with Gasteiger partial charge >= 0.3 is 0 Å². The average molecular weight is 314 g/mol. The Morgan fingerprint density at radius 1 is 1.47 bits per heavy atom. The van der Waals surface area contributed by atoms with Crippen molar-refractivity contribution in [1.82, 2.24) is 9.55 Å². The summed E-state index contributed by atoms with van der Waals surface area (Å²) in [7, 11) is 0. The number of pyridine rings is 2. The van der Waals surface area contributed by atoms with E-state index in [1.807, 2.05) is 0 Å². The molecule has 0 unspecified atom stereocenters. The standard InChI is InChI=1S/C12H10BrClN2O/c13-9-3-8-5-15-11(14)4-10(8)16(12(9)17)6-7-1-2-7/h3-5,7H,1-2,6H2. The molecule has 0 amide bonds. The molecule has 1 fully saturated rings. The second-order valence-corrected chi connectivity index (χ2v) is 5.66. The Bertz CT molecular complexity index is 649.